The molecule has 0 aromatic rings. The monoisotopic (exact) mass is 919 g/mol. The van der Waals surface area contributed by atoms with E-state index in [9.17, 15) is 14.4 Å². The highest BCUT2D eigenvalue weighted by atomic mass is 16.6. The van der Waals surface area contributed by atoms with Gasteiger partial charge in [0.1, 0.15) is 13.2 Å². The Balaban J connectivity index is 4.28. The van der Waals surface area contributed by atoms with Gasteiger partial charge in [-0.15, -0.1) is 0 Å². The first-order chi connectivity index (χ1) is 31.7. The number of hydrogen-bond donors (Lipinski definition) is 0. The van der Waals surface area contributed by atoms with Gasteiger partial charge in [0.05, 0.1) is 0 Å². The molecule has 6 nitrogen and oxygen atoms in total. The minimum atomic E-state index is -0.763. The first-order valence-corrected chi connectivity index (χ1v) is 29.2. The summed E-state index contributed by atoms with van der Waals surface area (Å²) < 4.78 is 16.9. The molecule has 0 amide bonds. The zero-order chi connectivity index (χ0) is 47.5. The number of carbonyl (C=O) groups excluding carboxylic acids is 3. The van der Waals surface area contributed by atoms with Crippen LogP contribution in [0.4, 0.5) is 0 Å². The minimum Gasteiger partial charge on any atom is -0.462 e. The maximum atomic E-state index is 12.9. The Morgan fingerprint density at radius 1 is 0.292 bits per heavy atom. The van der Waals surface area contributed by atoms with Crippen molar-refractivity contribution in [1.29, 1.82) is 0 Å². The molecule has 1 atom stereocenters. The molecule has 0 saturated carbocycles. The summed E-state index contributed by atoms with van der Waals surface area (Å²) in [4.78, 5) is 38.1. The molecule has 386 valence electrons. The molecule has 0 bridgehead atoms. The quantitative estimate of drug-likeness (QED) is 0.0344. The standard InChI is InChI=1S/C59H114O6/c1-6-7-8-9-10-11-12-13-16-20-23-29-34-39-44-49-57(60)63-52-56(53-64-58(61)50-45-40-35-30-26-25-28-33-38-43-48-55(4)5)65-59(62)51-46-41-36-31-24-21-18-15-14-17-19-22-27-32-37-42-47-54(2)3/h54-56H,6-53H2,1-5H3/t56-/m0/s1. The Morgan fingerprint density at radius 3 is 0.754 bits per heavy atom. The zero-order valence-electron chi connectivity index (χ0n) is 44.6. The van der Waals surface area contributed by atoms with Crippen molar-refractivity contribution >= 4 is 17.9 Å². The summed E-state index contributed by atoms with van der Waals surface area (Å²) in [6.07, 6.45) is 55.2. The highest BCUT2D eigenvalue weighted by molar-refractivity contribution is 5.71. The molecule has 0 unspecified atom stereocenters. The van der Waals surface area contributed by atoms with Crippen LogP contribution in [0, 0.1) is 11.8 Å². The van der Waals surface area contributed by atoms with Crippen molar-refractivity contribution in [3.05, 3.63) is 0 Å². The molecule has 0 heterocycles. The Labute approximate surface area is 406 Å². The smallest absolute Gasteiger partial charge is 0.306 e. The van der Waals surface area contributed by atoms with Gasteiger partial charge in [-0.25, -0.2) is 0 Å². The Kier molecular flexibility index (Phi) is 50.5. The molecule has 6 heteroatoms. The van der Waals surface area contributed by atoms with Crippen LogP contribution in [0.15, 0.2) is 0 Å². The number of hydrogen-bond acceptors (Lipinski definition) is 6. The number of ether oxygens (including phenoxy) is 3. The van der Waals surface area contributed by atoms with E-state index in [1.807, 2.05) is 0 Å². The predicted octanol–water partition coefficient (Wildman–Crippen LogP) is 19.3. The molecule has 0 aliphatic heterocycles. The van der Waals surface area contributed by atoms with Gasteiger partial charge in [0.15, 0.2) is 6.10 Å². The first-order valence-electron chi connectivity index (χ1n) is 29.2. The predicted molar refractivity (Wildman–Crippen MR) is 280 cm³/mol. The van der Waals surface area contributed by atoms with Crippen LogP contribution in [-0.2, 0) is 28.6 Å². The molecule has 0 aliphatic carbocycles. The van der Waals surface area contributed by atoms with E-state index in [4.69, 9.17) is 14.2 Å². The van der Waals surface area contributed by atoms with Gasteiger partial charge < -0.3 is 14.2 Å². The van der Waals surface area contributed by atoms with Crippen LogP contribution in [0.3, 0.4) is 0 Å². The summed E-state index contributed by atoms with van der Waals surface area (Å²) in [5.74, 6) is 0.832. The average molecular weight is 920 g/mol. The van der Waals surface area contributed by atoms with E-state index in [1.54, 1.807) is 0 Å². The third kappa shape index (κ3) is 53.2. The van der Waals surface area contributed by atoms with Crippen LogP contribution in [0.2, 0.25) is 0 Å². The molecule has 0 rings (SSSR count). The van der Waals surface area contributed by atoms with Gasteiger partial charge in [0.2, 0.25) is 0 Å². The van der Waals surface area contributed by atoms with Crippen molar-refractivity contribution in [1.82, 2.24) is 0 Å². The van der Waals surface area contributed by atoms with E-state index in [-0.39, 0.29) is 31.1 Å². The van der Waals surface area contributed by atoms with Gasteiger partial charge in [-0.2, -0.15) is 0 Å². The molecule has 0 radical (unpaired) electrons. The summed E-state index contributed by atoms with van der Waals surface area (Å²) in [6.45, 7) is 11.4. The molecule has 0 fully saturated rings. The fourth-order valence-electron chi connectivity index (χ4n) is 9.05. The summed E-state index contributed by atoms with van der Waals surface area (Å²) in [7, 11) is 0. The maximum Gasteiger partial charge on any atom is 0.306 e. The largest absolute Gasteiger partial charge is 0.462 e. The van der Waals surface area contributed by atoms with Crippen molar-refractivity contribution in [2.45, 2.75) is 336 Å². The summed E-state index contributed by atoms with van der Waals surface area (Å²) in [5.41, 5.74) is 0. The molecular weight excluding hydrogens is 805 g/mol. The molecule has 0 saturated heterocycles. The van der Waals surface area contributed by atoms with Crippen molar-refractivity contribution in [3.63, 3.8) is 0 Å². The number of esters is 3. The summed E-state index contributed by atoms with van der Waals surface area (Å²) in [6, 6.07) is 0. The second-order valence-electron chi connectivity index (χ2n) is 21.2. The highest BCUT2D eigenvalue weighted by Gasteiger charge is 2.19. The third-order valence-electron chi connectivity index (χ3n) is 13.5. The topological polar surface area (TPSA) is 78.9 Å². The lowest BCUT2D eigenvalue weighted by molar-refractivity contribution is -0.167. The van der Waals surface area contributed by atoms with Crippen molar-refractivity contribution in [2.75, 3.05) is 13.2 Å². The Morgan fingerprint density at radius 2 is 0.508 bits per heavy atom. The Hall–Kier alpha value is -1.59. The molecule has 0 aliphatic rings. The molecule has 0 spiro atoms. The lowest BCUT2D eigenvalue weighted by Crippen LogP contribution is -2.30. The van der Waals surface area contributed by atoms with Crippen molar-refractivity contribution in [2.24, 2.45) is 11.8 Å². The molecule has 0 N–H and O–H groups in total. The summed E-state index contributed by atoms with van der Waals surface area (Å²) in [5, 5.41) is 0. The van der Waals surface area contributed by atoms with E-state index < -0.39 is 6.10 Å². The van der Waals surface area contributed by atoms with Crippen LogP contribution in [0.25, 0.3) is 0 Å². The molecule has 0 aromatic heterocycles. The second-order valence-corrected chi connectivity index (χ2v) is 21.2. The molecule has 65 heavy (non-hydrogen) atoms. The highest BCUT2D eigenvalue weighted by Crippen LogP contribution is 2.18. The van der Waals surface area contributed by atoms with Crippen molar-refractivity contribution in [3.8, 4) is 0 Å². The van der Waals surface area contributed by atoms with Gasteiger partial charge in [0.25, 0.3) is 0 Å². The fourth-order valence-corrected chi connectivity index (χ4v) is 9.05. The Bertz CT molecular complexity index is 993. The summed E-state index contributed by atoms with van der Waals surface area (Å²) >= 11 is 0. The van der Waals surface area contributed by atoms with Gasteiger partial charge in [-0.3, -0.25) is 14.4 Å². The number of rotatable bonds is 53. The SMILES string of the molecule is CCCCCCCCCCCCCCCCCC(=O)OC[C@@H](COC(=O)CCCCCCCCCCCCC(C)C)OC(=O)CCCCCCCCCCCCCCCCCCC(C)C. The molecule has 0 aromatic carbocycles. The van der Waals surface area contributed by atoms with E-state index in [1.165, 1.54) is 218 Å². The van der Waals surface area contributed by atoms with Gasteiger partial charge in [-0.1, -0.05) is 291 Å². The van der Waals surface area contributed by atoms with E-state index >= 15 is 0 Å². The average Bonchev–Trinajstić information content (AvgIpc) is 3.28. The first kappa shape index (κ1) is 63.4. The van der Waals surface area contributed by atoms with E-state index in [0.717, 1.165) is 69.6 Å². The molecular formula is C59H114O6. The lowest BCUT2D eigenvalue weighted by Gasteiger charge is -2.18. The third-order valence-corrected chi connectivity index (χ3v) is 13.5. The van der Waals surface area contributed by atoms with Crippen LogP contribution >= 0.6 is 0 Å². The van der Waals surface area contributed by atoms with Gasteiger partial charge in [0, 0.05) is 19.3 Å². The zero-order valence-corrected chi connectivity index (χ0v) is 44.6. The minimum absolute atomic E-state index is 0.0626. The van der Waals surface area contributed by atoms with Crippen LogP contribution in [-0.4, -0.2) is 37.2 Å². The van der Waals surface area contributed by atoms with Gasteiger partial charge >= 0.3 is 17.9 Å². The fraction of sp³-hybridized carbons (Fsp3) is 0.949. The number of unbranched alkanes of at least 4 members (excludes halogenated alkanes) is 38. The maximum absolute atomic E-state index is 12.9. The van der Waals surface area contributed by atoms with E-state index in [2.05, 4.69) is 34.6 Å². The number of carbonyl (C=O) groups is 3. The van der Waals surface area contributed by atoms with Crippen molar-refractivity contribution < 1.29 is 28.6 Å². The normalized spacial score (nSPS) is 12.0. The van der Waals surface area contributed by atoms with Gasteiger partial charge in [-0.05, 0) is 31.1 Å². The van der Waals surface area contributed by atoms with Crippen LogP contribution in [0.1, 0.15) is 330 Å². The van der Waals surface area contributed by atoms with Crippen LogP contribution in [0.5, 0.6) is 0 Å². The van der Waals surface area contributed by atoms with Crippen LogP contribution < -0.4 is 0 Å². The lowest BCUT2D eigenvalue weighted by atomic mass is 10.0. The second kappa shape index (κ2) is 51.8. The van der Waals surface area contributed by atoms with E-state index in [0.29, 0.717) is 19.3 Å².